The molecule has 4 rings (SSSR count). The smallest absolute Gasteiger partial charge is 0.310 e. The van der Waals surface area contributed by atoms with Gasteiger partial charge in [0, 0.05) is 19.0 Å². The molecule has 2 N–H and O–H groups in total. The highest BCUT2D eigenvalue weighted by Gasteiger charge is 2.53. The van der Waals surface area contributed by atoms with E-state index in [1.807, 2.05) is 11.9 Å². The molecule has 1 aromatic rings. The van der Waals surface area contributed by atoms with E-state index in [-0.39, 0.29) is 35.1 Å². The summed E-state index contributed by atoms with van der Waals surface area (Å²) in [4.78, 5) is 14.7. The van der Waals surface area contributed by atoms with Gasteiger partial charge in [-0.25, -0.2) is 0 Å². The third kappa shape index (κ3) is 3.95. The number of carbonyl (C=O) groups is 1. The predicted octanol–water partition coefficient (Wildman–Crippen LogP) is 3.82. The number of esters is 1. The van der Waals surface area contributed by atoms with Crippen molar-refractivity contribution in [2.24, 2.45) is 17.3 Å². The number of aliphatic hydroxyl groups is 1. The molecule has 0 aromatic heterocycles. The molecule has 1 saturated carbocycles. The zero-order chi connectivity index (χ0) is 20.8. The van der Waals surface area contributed by atoms with Crippen molar-refractivity contribution in [3.8, 4) is 5.75 Å². The van der Waals surface area contributed by atoms with Gasteiger partial charge in [-0.3, -0.25) is 4.79 Å². The predicted molar refractivity (Wildman–Crippen MR) is 111 cm³/mol. The summed E-state index contributed by atoms with van der Waals surface area (Å²) in [5.74, 6) is 0.216. The number of allylic oxidation sites excluding steroid dienone is 2. The molecule has 0 bridgehead atoms. The van der Waals surface area contributed by atoms with Crippen molar-refractivity contribution < 1.29 is 19.7 Å². The van der Waals surface area contributed by atoms with Gasteiger partial charge in [0.25, 0.3) is 0 Å². The summed E-state index contributed by atoms with van der Waals surface area (Å²) in [6.45, 7) is 5.64. The number of ether oxygens (including phenoxy) is 1. The van der Waals surface area contributed by atoms with Crippen LogP contribution < -0.4 is 0 Å². The van der Waals surface area contributed by atoms with Gasteiger partial charge in [-0.1, -0.05) is 30.2 Å². The maximum Gasteiger partial charge on any atom is 0.310 e. The van der Waals surface area contributed by atoms with Crippen molar-refractivity contribution in [2.75, 3.05) is 20.1 Å². The SMILES string of the molecule is CC1=C2CC3C(CC2(C)CCC1)OC(=O)C3CN(C)CC(O)c1ccc(O)cc1. The van der Waals surface area contributed by atoms with Gasteiger partial charge in [0.2, 0.25) is 0 Å². The quantitative estimate of drug-likeness (QED) is 0.582. The lowest BCUT2D eigenvalue weighted by atomic mass is 9.59. The van der Waals surface area contributed by atoms with E-state index in [1.165, 1.54) is 24.8 Å². The summed E-state index contributed by atoms with van der Waals surface area (Å²) in [6.07, 6.45) is 4.90. The second kappa shape index (κ2) is 7.77. The van der Waals surface area contributed by atoms with Crippen LogP contribution in [-0.4, -0.2) is 47.3 Å². The maximum absolute atomic E-state index is 12.7. The van der Waals surface area contributed by atoms with Crippen molar-refractivity contribution >= 4 is 5.97 Å². The van der Waals surface area contributed by atoms with Gasteiger partial charge in [0.15, 0.2) is 0 Å². The van der Waals surface area contributed by atoms with E-state index in [0.717, 1.165) is 18.4 Å². The number of phenols is 1. The molecule has 0 spiro atoms. The third-order valence-electron chi connectivity index (χ3n) is 7.45. The number of phenolic OH excluding ortho intramolecular Hbond substituents is 1. The summed E-state index contributed by atoms with van der Waals surface area (Å²) in [6, 6.07) is 6.62. The highest BCUT2D eigenvalue weighted by atomic mass is 16.6. The van der Waals surface area contributed by atoms with Crippen LogP contribution in [-0.2, 0) is 9.53 Å². The number of aliphatic hydroxyl groups excluding tert-OH is 1. The molecule has 0 amide bonds. The first-order chi connectivity index (χ1) is 13.8. The summed E-state index contributed by atoms with van der Waals surface area (Å²) < 4.78 is 5.85. The zero-order valence-electron chi connectivity index (χ0n) is 17.7. The number of carbonyl (C=O) groups excluding carboxylic acids is 1. The van der Waals surface area contributed by atoms with Crippen LogP contribution in [0.2, 0.25) is 0 Å². The number of nitrogens with zero attached hydrogens (tertiary/aromatic N) is 1. The molecule has 2 fully saturated rings. The number of hydrogen-bond donors (Lipinski definition) is 2. The molecule has 5 heteroatoms. The molecular weight excluding hydrogens is 366 g/mol. The molecule has 5 unspecified atom stereocenters. The summed E-state index contributed by atoms with van der Waals surface area (Å²) >= 11 is 0. The third-order valence-corrected chi connectivity index (χ3v) is 7.45. The zero-order valence-corrected chi connectivity index (χ0v) is 17.7. The van der Waals surface area contributed by atoms with Gasteiger partial charge >= 0.3 is 5.97 Å². The van der Waals surface area contributed by atoms with Gasteiger partial charge in [-0.15, -0.1) is 0 Å². The van der Waals surface area contributed by atoms with Crippen molar-refractivity contribution in [2.45, 2.75) is 58.2 Å². The van der Waals surface area contributed by atoms with Crippen LogP contribution >= 0.6 is 0 Å². The van der Waals surface area contributed by atoms with E-state index in [1.54, 1.807) is 29.8 Å². The first-order valence-corrected chi connectivity index (χ1v) is 10.8. The lowest BCUT2D eigenvalue weighted by Crippen LogP contribution is -2.41. The second-order valence-corrected chi connectivity index (χ2v) is 9.66. The van der Waals surface area contributed by atoms with Gasteiger partial charge in [0.1, 0.15) is 11.9 Å². The second-order valence-electron chi connectivity index (χ2n) is 9.66. The number of likely N-dealkylation sites (N-methyl/N-ethyl adjacent to an activating group) is 1. The Bertz CT molecular complexity index is 802. The number of aromatic hydroxyl groups is 1. The van der Waals surface area contributed by atoms with Crippen LogP contribution in [0.4, 0.5) is 0 Å². The van der Waals surface area contributed by atoms with Crippen LogP contribution in [0.5, 0.6) is 5.75 Å². The fourth-order valence-electron chi connectivity index (χ4n) is 5.83. The molecule has 2 aliphatic carbocycles. The number of rotatable bonds is 5. The molecule has 3 aliphatic rings. The Labute approximate surface area is 173 Å². The van der Waals surface area contributed by atoms with Crippen LogP contribution in [0, 0.1) is 17.3 Å². The summed E-state index contributed by atoms with van der Waals surface area (Å²) in [5, 5.41) is 20.0. The highest BCUT2D eigenvalue weighted by Crippen LogP contribution is 2.55. The lowest BCUT2D eigenvalue weighted by molar-refractivity contribution is -0.145. The Balaban J connectivity index is 1.43. The minimum atomic E-state index is -0.660. The molecular formula is C24H33NO4. The van der Waals surface area contributed by atoms with Crippen molar-refractivity contribution in [3.05, 3.63) is 41.0 Å². The Kier molecular flexibility index (Phi) is 5.47. The molecule has 29 heavy (non-hydrogen) atoms. The van der Waals surface area contributed by atoms with Gasteiger partial charge in [-0.2, -0.15) is 0 Å². The van der Waals surface area contributed by atoms with Crippen LogP contribution in [0.25, 0.3) is 0 Å². The number of benzene rings is 1. The first kappa shape index (κ1) is 20.4. The average molecular weight is 400 g/mol. The first-order valence-electron chi connectivity index (χ1n) is 10.8. The summed E-state index contributed by atoms with van der Waals surface area (Å²) in [7, 11) is 1.95. The molecule has 1 heterocycles. The number of hydrogen-bond acceptors (Lipinski definition) is 5. The van der Waals surface area contributed by atoms with Gasteiger partial charge in [-0.05, 0) is 69.2 Å². The highest BCUT2D eigenvalue weighted by molar-refractivity contribution is 5.76. The maximum atomic E-state index is 12.7. The van der Waals surface area contributed by atoms with E-state index >= 15 is 0 Å². The van der Waals surface area contributed by atoms with Gasteiger partial charge in [0.05, 0.1) is 12.0 Å². The molecule has 1 aromatic carbocycles. The molecule has 0 radical (unpaired) electrons. The van der Waals surface area contributed by atoms with E-state index in [2.05, 4.69) is 13.8 Å². The molecule has 5 nitrogen and oxygen atoms in total. The Hall–Kier alpha value is -1.85. The largest absolute Gasteiger partial charge is 0.508 e. The normalized spacial score (nSPS) is 32.7. The number of fused-ring (bicyclic) bond motifs is 2. The lowest BCUT2D eigenvalue weighted by Gasteiger charge is -2.46. The van der Waals surface area contributed by atoms with E-state index in [0.29, 0.717) is 13.1 Å². The topological polar surface area (TPSA) is 70.0 Å². The Morgan fingerprint density at radius 3 is 2.76 bits per heavy atom. The van der Waals surface area contributed by atoms with Crippen molar-refractivity contribution in [3.63, 3.8) is 0 Å². The average Bonchev–Trinajstić information content (AvgIpc) is 2.94. The minimum absolute atomic E-state index is 0.0302. The Morgan fingerprint density at radius 2 is 2.03 bits per heavy atom. The van der Waals surface area contributed by atoms with Gasteiger partial charge < -0.3 is 19.8 Å². The van der Waals surface area contributed by atoms with Crippen molar-refractivity contribution in [1.82, 2.24) is 4.90 Å². The fourth-order valence-corrected chi connectivity index (χ4v) is 5.83. The minimum Gasteiger partial charge on any atom is -0.508 e. The fraction of sp³-hybridized carbons (Fsp3) is 0.625. The standard InChI is InChI=1S/C24H33NO4/c1-15-5-4-10-24(2)12-22-18(11-20(15)24)19(23(28)29-22)13-25(3)14-21(27)16-6-8-17(26)9-7-16/h6-9,18-19,21-22,26-27H,4-5,10-14H2,1-3H3. The van der Waals surface area contributed by atoms with E-state index < -0.39 is 6.10 Å². The van der Waals surface area contributed by atoms with Crippen LogP contribution in [0.1, 0.15) is 57.6 Å². The van der Waals surface area contributed by atoms with Crippen LogP contribution in [0.3, 0.4) is 0 Å². The van der Waals surface area contributed by atoms with Crippen LogP contribution in [0.15, 0.2) is 35.4 Å². The molecule has 1 aliphatic heterocycles. The molecule has 1 saturated heterocycles. The monoisotopic (exact) mass is 399 g/mol. The van der Waals surface area contributed by atoms with E-state index in [9.17, 15) is 15.0 Å². The van der Waals surface area contributed by atoms with E-state index in [4.69, 9.17) is 4.74 Å². The van der Waals surface area contributed by atoms with Crippen molar-refractivity contribution in [1.29, 1.82) is 0 Å². The molecule has 158 valence electrons. The summed E-state index contributed by atoms with van der Waals surface area (Å²) in [5.41, 5.74) is 4.05. The molecule has 5 atom stereocenters. The Morgan fingerprint density at radius 1 is 1.31 bits per heavy atom.